The molecule has 0 atom stereocenters. The van der Waals surface area contributed by atoms with Crippen LogP contribution in [0.4, 0.5) is 5.69 Å². The Morgan fingerprint density at radius 1 is 1.26 bits per heavy atom. The number of hydrogen-bond donors (Lipinski definition) is 1. The van der Waals surface area contributed by atoms with Crippen LogP contribution in [-0.4, -0.2) is 9.97 Å². The first-order valence-corrected chi connectivity index (χ1v) is 5.98. The van der Waals surface area contributed by atoms with Crippen molar-refractivity contribution in [2.45, 2.75) is 6.61 Å². The molecule has 0 aliphatic carbocycles. The van der Waals surface area contributed by atoms with E-state index in [0.717, 1.165) is 0 Å². The summed E-state index contributed by atoms with van der Waals surface area (Å²) in [6, 6.07) is 8.75. The van der Waals surface area contributed by atoms with Crippen LogP contribution in [0.5, 0.6) is 5.75 Å². The maximum Gasteiger partial charge on any atom is 0.235 e. The topological polar surface area (TPSA) is 74.2 Å². The molecule has 2 heterocycles. The fourth-order valence-electron chi connectivity index (χ4n) is 1.62. The number of benzene rings is 1. The Morgan fingerprint density at radius 2 is 2.05 bits per heavy atom. The Morgan fingerprint density at radius 3 is 2.84 bits per heavy atom. The van der Waals surface area contributed by atoms with E-state index in [1.54, 1.807) is 30.3 Å². The number of nitrogen functional groups attached to an aromatic ring is 1. The van der Waals surface area contributed by atoms with Crippen LogP contribution in [0.25, 0.3) is 11.2 Å². The van der Waals surface area contributed by atoms with Crippen molar-refractivity contribution in [1.29, 1.82) is 0 Å². The van der Waals surface area contributed by atoms with Crippen molar-refractivity contribution in [3.63, 3.8) is 0 Å². The van der Waals surface area contributed by atoms with E-state index in [2.05, 4.69) is 9.97 Å². The number of halogens is 1. The van der Waals surface area contributed by atoms with E-state index in [9.17, 15) is 0 Å². The molecule has 0 unspecified atom stereocenters. The van der Waals surface area contributed by atoms with E-state index in [1.165, 1.54) is 6.20 Å². The fourth-order valence-corrected chi connectivity index (χ4v) is 1.74. The first kappa shape index (κ1) is 11.8. The third-order valence-electron chi connectivity index (χ3n) is 2.49. The van der Waals surface area contributed by atoms with Gasteiger partial charge in [-0.1, -0.05) is 11.6 Å². The van der Waals surface area contributed by atoms with Crippen LogP contribution in [0.1, 0.15) is 5.89 Å². The zero-order valence-corrected chi connectivity index (χ0v) is 10.6. The van der Waals surface area contributed by atoms with Crippen molar-refractivity contribution in [1.82, 2.24) is 9.97 Å². The van der Waals surface area contributed by atoms with Crippen LogP contribution < -0.4 is 10.5 Å². The summed E-state index contributed by atoms with van der Waals surface area (Å²) in [7, 11) is 0. The number of pyridine rings is 1. The van der Waals surface area contributed by atoms with Gasteiger partial charge in [0.2, 0.25) is 5.89 Å². The molecule has 96 valence electrons. The Hall–Kier alpha value is -2.27. The lowest BCUT2D eigenvalue weighted by atomic mass is 10.3. The van der Waals surface area contributed by atoms with Gasteiger partial charge in [0.05, 0.1) is 11.9 Å². The summed E-state index contributed by atoms with van der Waals surface area (Å²) in [4.78, 5) is 8.27. The number of nitrogens with zero attached hydrogens (tertiary/aromatic N) is 2. The number of oxazole rings is 1. The zero-order chi connectivity index (χ0) is 13.2. The molecular formula is C13H10ClN3O2. The number of hydrogen-bond acceptors (Lipinski definition) is 5. The number of aromatic nitrogens is 2. The predicted octanol–water partition coefficient (Wildman–Crippen LogP) is 3.04. The number of fused-ring (bicyclic) bond motifs is 1. The van der Waals surface area contributed by atoms with Crippen LogP contribution in [0.3, 0.4) is 0 Å². The highest BCUT2D eigenvalue weighted by Gasteiger charge is 2.07. The van der Waals surface area contributed by atoms with Gasteiger partial charge in [-0.3, -0.25) is 0 Å². The largest absolute Gasteiger partial charge is 0.484 e. The number of rotatable bonds is 3. The number of nitrogens with two attached hydrogens (primary N) is 1. The second kappa shape index (κ2) is 4.78. The molecule has 0 radical (unpaired) electrons. The second-order valence-electron chi connectivity index (χ2n) is 3.94. The highest BCUT2D eigenvalue weighted by Crippen LogP contribution is 2.19. The zero-order valence-electron chi connectivity index (χ0n) is 9.84. The highest BCUT2D eigenvalue weighted by molar-refractivity contribution is 6.30. The van der Waals surface area contributed by atoms with Crippen LogP contribution in [0.15, 0.2) is 40.9 Å². The van der Waals surface area contributed by atoms with Crippen molar-refractivity contribution in [3.8, 4) is 5.75 Å². The molecule has 0 aliphatic rings. The molecule has 2 aromatic heterocycles. The van der Waals surface area contributed by atoms with Gasteiger partial charge in [0.25, 0.3) is 0 Å². The molecule has 19 heavy (non-hydrogen) atoms. The van der Waals surface area contributed by atoms with Crippen LogP contribution in [-0.2, 0) is 6.61 Å². The Balaban J connectivity index is 1.76. The lowest BCUT2D eigenvalue weighted by Crippen LogP contribution is -1.95. The normalized spacial score (nSPS) is 10.8. The highest BCUT2D eigenvalue weighted by atomic mass is 35.5. The second-order valence-corrected chi connectivity index (χ2v) is 4.38. The Bertz CT molecular complexity index is 709. The first-order valence-electron chi connectivity index (χ1n) is 5.60. The van der Waals surface area contributed by atoms with Gasteiger partial charge < -0.3 is 14.9 Å². The molecule has 0 amide bonds. The minimum absolute atomic E-state index is 0.220. The third kappa shape index (κ3) is 2.61. The predicted molar refractivity (Wildman–Crippen MR) is 72.0 cm³/mol. The van der Waals surface area contributed by atoms with Crippen molar-refractivity contribution in [2.75, 3.05) is 5.73 Å². The van der Waals surface area contributed by atoms with Gasteiger partial charge in [-0.25, -0.2) is 4.98 Å². The van der Waals surface area contributed by atoms with E-state index in [0.29, 0.717) is 33.6 Å². The number of ether oxygens (including phenoxy) is 1. The van der Waals surface area contributed by atoms with Gasteiger partial charge in [0.1, 0.15) is 5.75 Å². The van der Waals surface area contributed by atoms with Crippen LogP contribution >= 0.6 is 11.6 Å². The monoisotopic (exact) mass is 275 g/mol. The van der Waals surface area contributed by atoms with Gasteiger partial charge in [-0.2, -0.15) is 4.98 Å². The smallest absolute Gasteiger partial charge is 0.235 e. The van der Waals surface area contributed by atoms with Crippen molar-refractivity contribution in [2.24, 2.45) is 0 Å². The third-order valence-corrected chi connectivity index (χ3v) is 2.74. The molecule has 0 saturated heterocycles. The SMILES string of the molecule is Nc1cnc2nc(COc3ccc(Cl)cc3)oc2c1. The molecule has 3 rings (SSSR count). The number of anilines is 1. The van der Waals surface area contributed by atoms with E-state index in [1.807, 2.05) is 0 Å². The Labute approximate surface area is 114 Å². The molecule has 0 aliphatic heterocycles. The van der Waals surface area contributed by atoms with E-state index < -0.39 is 0 Å². The molecule has 1 aromatic carbocycles. The van der Waals surface area contributed by atoms with E-state index in [4.69, 9.17) is 26.5 Å². The fraction of sp³-hybridized carbons (Fsp3) is 0.0769. The maximum atomic E-state index is 5.79. The van der Waals surface area contributed by atoms with E-state index in [-0.39, 0.29) is 6.61 Å². The summed E-state index contributed by atoms with van der Waals surface area (Å²) in [5, 5.41) is 0.661. The minimum atomic E-state index is 0.220. The molecule has 3 aromatic rings. The average Bonchev–Trinajstić information content (AvgIpc) is 2.80. The molecule has 2 N–H and O–H groups in total. The van der Waals surface area contributed by atoms with Crippen molar-refractivity contribution < 1.29 is 9.15 Å². The summed E-state index contributed by atoms with van der Waals surface area (Å²) in [6.07, 6.45) is 1.54. The van der Waals surface area contributed by atoms with Gasteiger partial charge in [0, 0.05) is 11.1 Å². The molecule has 0 saturated carbocycles. The Kier molecular flexibility index (Phi) is 2.97. The molecule has 5 nitrogen and oxygen atoms in total. The van der Waals surface area contributed by atoms with Crippen LogP contribution in [0.2, 0.25) is 5.02 Å². The molecule has 0 spiro atoms. The van der Waals surface area contributed by atoms with E-state index >= 15 is 0 Å². The van der Waals surface area contributed by atoms with Crippen molar-refractivity contribution in [3.05, 3.63) is 47.4 Å². The standard InChI is InChI=1S/C13H10ClN3O2/c14-8-1-3-10(4-2-8)18-7-12-17-13-11(19-12)5-9(15)6-16-13/h1-6H,7,15H2. The molecule has 0 fully saturated rings. The summed E-state index contributed by atoms with van der Waals surface area (Å²) >= 11 is 5.79. The molecule has 0 bridgehead atoms. The minimum Gasteiger partial charge on any atom is -0.484 e. The summed E-state index contributed by atoms with van der Waals surface area (Å²) < 4.78 is 11.0. The first-order chi connectivity index (χ1) is 9.20. The van der Waals surface area contributed by atoms with Gasteiger partial charge >= 0.3 is 0 Å². The van der Waals surface area contributed by atoms with Crippen LogP contribution in [0, 0.1) is 0 Å². The van der Waals surface area contributed by atoms with Crippen molar-refractivity contribution >= 4 is 28.5 Å². The quantitative estimate of drug-likeness (QED) is 0.795. The summed E-state index contributed by atoms with van der Waals surface area (Å²) in [6.45, 7) is 0.220. The molecule has 6 heteroatoms. The average molecular weight is 276 g/mol. The summed E-state index contributed by atoms with van der Waals surface area (Å²) in [5.41, 5.74) is 7.22. The van der Waals surface area contributed by atoms with Gasteiger partial charge in [-0.05, 0) is 24.3 Å². The van der Waals surface area contributed by atoms with Gasteiger partial charge in [0.15, 0.2) is 17.8 Å². The maximum absolute atomic E-state index is 5.79. The lowest BCUT2D eigenvalue weighted by Gasteiger charge is -2.02. The lowest BCUT2D eigenvalue weighted by molar-refractivity contribution is 0.267. The van der Waals surface area contributed by atoms with Gasteiger partial charge in [-0.15, -0.1) is 0 Å². The molecular weight excluding hydrogens is 266 g/mol. The summed E-state index contributed by atoms with van der Waals surface area (Å²) in [5.74, 6) is 1.14.